The normalized spacial score (nSPS) is 23.4. The van der Waals surface area contributed by atoms with Gasteiger partial charge in [0.2, 0.25) is 5.91 Å². The Labute approximate surface area is 146 Å². The van der Waals surface area contributed by atoms with E-state index in [2.05, 4.69) is 0 Å². The van der Waals surface area contributed by atoms with Gasteiger partial charge in [-0.25, -0.2) is 8.42 Å². The second kappa shape index (κ2) is 7.31. The Balaban J connectivity index is 1.70. The Hall–Kier alpha value is -1.28. The number of thioether (sulfide) groups is 1. The number of aromatic nitrogens is 1. The molecular formula is C16H22N2O4S2. The Morgan fingerprint density at radius 2 is 2.00 bits per heavy atom. The Bertz CT molecular complexity index is 702. The molecular weight excluding hydrogens is 348 g/mol. The Morgan fingerprint density at radius 3 is 2.62 bits per heavy atom. The molecule has 1 amide bonds. The van der Waals surface area contributed by atoms with Crippen LogP contribution in [0.3, 0.4) is 0 Å². The second-order valence-corrected chi connectivity index (χ2v) is 9.67. The highest BCUT2D eigenvalue weighted by Crippen LogP contribution is 2.30. The fraction of sp³-hybridized carbons (Fsp3) is 0.625. The van der Waals surface area contributed by atoms with Crippen molar-refractivity contribution in [2.45, 2.75) is 49.2 Å². The largest absolute Gasteiger partial charge is 0.618 e. The van der Waals surface area contributed by atoms with Crippen molar-refractivity contribution in [1.29, 1.82) is 0 Å². The quantitative estimate of drug-likeness (QED) is 0.444. The van der Waals surface area contributed by atoms with Crippen molar-refractivity contribution in [3.05, 3.63) is 29.6 Å². The summed E-state index contributed by atoms with van der Waals surface area (Å²) in [5.41, 5.74) is 0. The monoisotopic (exact) mass is 370 g/mol. The molecule has 1 saturated carbocycles. The number of nitrogens with zero attached hydrogens (tertiary/aromatic N) is 2. The van der Waals surface area contributed by atoms with Gasteiger partial charge < -0.3 is 10.1 Å². The topological polar surface area (TPSA) is 81.4 Å². The summed E-state index contributed by atoms with van der Waals surface area (Å²) in [4.78, 5) is 14.6. The van der Waals surface area contributed by atoms with E-state index in [9.17, 15) is 18.4 Å². The van der Waals surface area contributed by atoms with Crippen molar-refractivity contribution in [2.75, 3.05) is 17.3 Å². The van der Waals surface area contributed by atoms with Gasteiger partial charge in [-0.15, -0.1) is 0 Å². The van der Waals surface area contributed by atoms with Crippen molar-refractivity contribution in [2.24, 2.45) is 0 Å². The van der Waals surface area contributed by atoms with Crippen LogP contribution in [0.2, 0.25) is 0 Å². The van der Waals surface area contributed by atoms with Gasteiger partial charge in [-0.1, -0.05) is 12.8 Å². The van der Waals surface area contributed by atoms with Crippen LogP contribution in [0.25, 0.3) is 0 Å². The van der Waals surface area contributed by atoms with E-state index in [4.69, 9.17) is 0 Å². The van der Waals surface area contributed by atoms with Gasteiger partial charge in [-0.05, 0) is 37.1 Å². The minimum Gasteiger partial charge on any atom is -0.618 e. The number of amides is 1. The fourth-order valence-corrected chi connectivity index (χ4v) is 6.11. The summed E-state index contributed by atoms with van der Waals surface area (Å²) < 4.78 is 24.4. The zero-order valence-corrected chi connectivity index (χ0v) is 15.1. The summed E-state index contributed by atoms with van der Waals surface area (Å²) in [6.45, 7) is 0. The van der Waals surface area contributed by atoms with E-state index in [1.807, 2.05) is 4.90 Å². The van der Waals surface area contributed by atoms with Crippen LogP contribution in [0, 0.1) is 5.21 Å². The molecule has 1 aromatic heterocycles. The molecule has 8 heteroatoms. The van der Waals surface area contributed by atoms with Gasteiger partial charge in [0.25, 0.3) is 5.03 Å². The van der Waals surface area contributed by atoms with Crippen LogP contribution in [0.15, 0.2) is 29.4 Å². The van der Waals surface area contributed by atoms with E-state index in [0.717, 1.165) is 30.4 Å². The lowest BCUT2D eigenvalue weighted by Crippen LogP contribution is -2.47. The van der Waals surface area contributed by atoms with E-state index >= 15 is 0 Å². The molecule has 2 heterocycles. The van der Waals surface area contributed by atoms with Gasteiger partial charge in [0.05, 0.1) is 17.3 Å². The molecule has 0 bridgehead atoms. The minimum absolute atomic E-state index is 0.0575. The maximum atomic E-state index is 12.8. The average Bonchev–Trinajstić information content (AvgIpc) is 3.17. The molecule has 1 atom stereocenters. The lowest BCUT2D eigenvalue weighted by Gasteiger charge is -2.34. The number of sulfone groups is 1. The molecule has 2 aliphatic rings. The van der Waals surface area contributed by atoms with Crippen molar-refractivity contribution in [3.63, 3.8) is 0 Å². The van der Waals surface area contributed by atoms with E-state index in [1.54, 1.807) is 18.2 Å². The van der Waals surface area contributed by atoms with Crippen molar-refractivity contribution in [1.82, 2.24) is 4.90 Å². The minimum atomic E-state index is -3.03. The Kier molecular flexibility index (Phi) is 5.34. The molecule has 0 N–H and O–H groups in total. The summed E-state index contributed by atoms with van der Waals surface area (Å²) in [7, 11) is -3.03. The molecule has 0 radical (unpaired) electrons. The van der Waals surface area contributed by atoms with Gasteiger partial charge in [0.1, 0.15) is 0 Å². The molecule has 24 heavy (non-hydrogen) atoms. The first-order valence-corrected chi connectivity index (χ1v) is 11.1. The number of hydrogen-bond acceptors (Lipinski definition) is 5. The number of pyridine rings is 1. The third-order valence-electron chi connectivity index (χ3n) is 4.74. The number of carbonyl (C=O) groups excluding carboxylic acids is 1. The molecule has 1 aliphatic heterocycles. The van der Waals surface area contributed by atoms with Crippen molar-refractivity contribution >= 4 is 27.5 Å². The molecule has 0 unspecified atom stereocenters. The molecule has 132 valence electrons. The molecule has 0 aromatic carbocycles. The van der Waals surface area contributed by atoms with Crippen LogP contribution in [0.1, 0.15) is 32.1 Å². The molecule has 2 fully saturated rings. The zero-order valence-electron chi connectivity index (χ0n) is 13.5. The SMILES string of the molecule is O=C(CSc1cccc[n+]1[O-])N(C1CCCC1)[C@H]1CCS(=O)(=O)C1. The lowest BCUT2D eigenvalue weighted by atomic mass is 10.1. The molecule has 0 spiro atoms. The van der Waals surface area contributed by atoms with Gasteiger partial charge in [0.15, 0.2) is 16.0 Å². The van der Waals surface area contributed by atoms with E-state index < -0.39 is 9.84 Å². The van der Waals surface area contributed by atoms with E-state index in [0.29, 0.717) is 11.4 Å². The maximum Gasteiger partial charge on any atom is 0.251 e. The smallest absolute Gasteiger partial charge is 0.251 e. The average molecular weight is 370 g/mol. The van der Waals surface area contributed by atoms with Gasteiger partial charge >= 0.3 is 0 Å². The summed E-state index contributed by atoms with van der Waals surface area (Å²) in [6.07, 6.45) is 5.99. The van der Waals surface area contributed by atoms with Crippen LogP contribution in [-0.2, 0) is 14.6 Å². The first kappa shape index (κ1) is 17.5. The first-order chi connectivity index (χ1) is 11.5. The third kappa shape index (κ3) is 4.03. The van der Waals surface area contributed by atoms with Crippen LogP contribution in [0.4, 0.5) is 0 Å². The summed E-state index contributed by atoms with van der Waals surface area (Å²) in [5, 5.41) is 12.2. The predicted molar refractivity (Wildman–Crippen MR) is 92.3 cm³/mol. The summed E-state index contributed by atoms with van der Waals surface area (Å²) in [5.74, 6) is 0.352. The van der Waals surface area contributed by atoms with Crippen LogP contribution < -0.4 is 4.73 Å². The highest BCUT2D eigenvalue weighted by atomic mass is 32.2. The molecule has 3 rings (SSSR count). The first-order valence-electron chi connectivity index (χ1n) is 8.29. The summed E-state index contributed by atoms with van der Waals surface area (Å²) in [6, 6.07) is 5.03. The Morgan fingerprint density at radius 1 is 1.25 bits per heavy atom. The number of carbonyl (C=O) groups is 1. The second-order valence-electron chi connectivity index (χ2n) is 6.45. The third-order valence-corrected chi connectivity index (χ3v) is 7.49. The lowest BCUT2D eigenvalue weighted by molar-refractivity contribution is -0.645. The van der Waals surface area contributed by atoms with Crippen molar-refractivity contribution < 1.29 is 17.9 Å². The molecule has 1 aromatic rings. The van der Waals surface area contributed by atoms with Gasteiger partial charge in [-0.2, -0.15) is 4.73 Å². The standard InChI is InChI=1S/C16H22N2O4S2/c19-15(11-23-16-7-3-4-9-17(16)20)18(13-5-1-2-6-13)14-8-10-24(21,22)12-14/h3-4,7,9,13-14H,1-2,5-6,8,10-12H2/t14-/m0/s1. The molecule has 6 nitrogen and oxygen atoms in total. The molecule has 1 saturated heterocycles. The highest BCUT2D eigenvalue weighted by molar-refractivity contribution is 7.99. The van der Waals surface area contributed by atoms with Crippen molar-refractivity contribution in [3.8, 4) is 0 Å². The van der Waals surface area contributed by atoms with Crippen LogP contribution in [-0.4, -0.2) is 48.6 Å². The predicted octanol–water partition coefficient (Wildman–Crippen LogP) is 1.37. The van der Waals surface area contributed by atoms with Crippen LogP contribution in [0.5, 0.6) is 0 Å². The van der Waals surface area contributed by atoms with Gasteiger partial charge in [-0.3, -0.25) is 4.79 Å². The van der Waals surface area contributed by atoms with Crippen LogP contribution >= 0.6 is 11.8 Å². The number of hydrogen-bond donors (Lipinski definition) is 0. The maximum absolute atomic E-state index is 12.8. The highest BCUT2D eigenvalue weighted by Gasteiger charge is 2.38. The van der Waals surface area contributed by atoms with Gasteiger partial charge in [0, 0.05) is 24.2 Å². The van der Waals surface area contributed by atoms with E-state index in [-0.39, 0.29) is 35.2 Å². The molecule has 1 aliphatic carbocycles. The number of rotatable bonds is 5. The summed E-state index contributed by atoms with van der Waals surface area (Å²) >= 11 is 1.21. The van der Waals surface area contributed by atoms with E-state index in [1.165, 1.54) is 18.0 Å². The zero-order chi connectivity index (χ0) is 17.2. The fourth-order valence-electron chi connectivity index (χ4n) is 3.62.